The molecule has 0 aliphatic carbocycles. The molecule has 0 spiro atoms. The van der Waals surface area contributed by atoms with E-state index in [1.807, 2.05) is 10.3 Å². The van der Waals surface area contributed by atoms with Crippen LogP contribution in [0.25, 0.3) is 10.6 Å². The molecule has 1 amide bonds. The van der Waals surface area contributed by atoms with Gasteiger partial charge in [-0.05, 0) is 18.8 Å². The summed E-state index contributed by atoms with van der Waals surface area (Å²) in [5.41, 5.74) is 9.33. The molecule has 4 nitrogen and oxygen atoms in total. The molecule has 3 rings (SSSR count). The van der Waals surface area contributed by atoms with Gasteiger partial charge in [-0.25, -0.2) is 4.98 Å². The van der Waals surface area contributed by atoms with E-state index in [-0.39, 0.29) is 42.2 Å². The highest BCUT2D eigenvalue weighted by molar-refractivity contribution is 7.13. The predicted octanol–water partition coefficient (Wildman–Crippen LogP) is 4.09. The summed E-state index contributed by atoms with van der Waals surface area (Å²) in [6.45, 7) is 7.81. The highest BCUT2D eigenvalue weighted by Gasteiger charge is 2.35. The molecule has 2 aromatic rings. The molecule has 0 saturated carbocycles. The number of carbonyl (C=O) groups is 1. The van der Waals surface area contributed by atoms with Gasteiger partial charge in [-0.1, -0.05) is 43.7 Å². The number of hydrogen-bond acceptors (Lipinski definition) is 4. The maximum atomic E-state index is 12.6. The fraction of sp³-hybridized carbons (Fsp3) is 0.474. The van der Waals surface area contributed by atoms with Crippen molar-refractivity contribution in [1.82, 2.24) is 9.88 Å². The number of amides is 1. The lowest BCUT2D eigenvalue weighted by molar-refractivity contribution is -0.133. The van der Waals surface area contributed by atoms with Crippen LogP contribution in [0.4, 0.5) is 0 Å². The lowest BCUT2D eigenvalue weighted by Crippen LogP contribution is -2.54. The third-order valence-corrected chi connectivity index (χ3v) is 5.79. The van der Waals surface area contributed by atoms with Crippen LogP contribution in [0.2, 0.25) is 0 Å². The Hall–Kier alpha value is -1.14. The summed E-state index contributed by atoms with van der Waals surface area (Å²) in [5, 5.41) is 2.97. The summed E-state index contributed by atoms with van der Waals surface area (Å²) >= 11 is 1.60. The molecule has 1 saturated heterocycles. The van der Waals surface area contributed by atoms with Gasteiger partial charge in [0, 0.05) is 30.1 Å². The molecule has 1 aliphatic heterocycles. The number of nitrogens with zero attached hydrogens (tertiary/aromatic N) is 2. The second-order valence-electron chi connectivity index (χ2n) is 7.39. The first-order valence-corrected chi connectivity index (χ1v) is 9.28. The van der Waals surface area contributed by atoms with Crippen LogP contribution in [0.3, 0.4) is 0 Å². The van der Waals surface area contributed by atoms with Gasteiger partial charge in [0.05, 0.1) is 12.1 Å². The maximum Gasteiger partial charge on any atom is 0.228 e. The molecule has 1 aliphatic rings. The quantitative estimate of drug-likeness (QED) is 0.820. The summed E-state index contributed by atoms with van der Waals surface area (Å²) in [6, 6.07) is 8.48. The number of aromatic nitrogens is 1. The van der Waals surface area contributed by atoms with E-state index in [1.54, 1.807) is 11.3 Å². The number of carbonyl (C=O) groups excluding carboxylic acids is 1. The summed E-state index contributed by atoms with van der Waals surface area (Å²) in [5.74, 6) is 0.149. The van der Waals surface area contributed by atoms with E-state index in [0.29, 0.717) is 6.42 Å². The van der Waals surface area contributed by atoms with Crippen molar-refractivity contribution in [1.29, 1.82) is 0 Å². The third kappa shape index (κ3) is 5.19. The number of piperidine rings is 1. The van der Waals surface area contributed by atoms with Gasteiger partial charge in [0.2, 0.25) is 5.91 Å². The third-order valence-electron chi connectivity index (χ3n) is 4.85. The highest BCUT2D eigenvalue weighted by atomic mass is 35.5. The SMILES string of the molecule is Cc1ccc(-c2nc(CC(=O)N3CCC(N)C(C)(C)C3)cs2)cc1.Cl.Cl. The van der Waals surface area contributed by atoms with Gasteiger partial charge >= 0.3 is 0 Å². The second kappa shape index (κ2) is 9.18. The van der Waals surface area contributed by atoms with E-state index in [1.165, 1.54) is 5.56 Å². The van der Waals surface area contributed by atoms with Crippen molar-refractivity contribution in [3.63, 3.8) is 0 Å². The fourth-order valence-electron chi connectivity index (χ4n) is 3.07. The lowest BCUT2D eigenvalue weighted by atomic mass is 9.79. The average molecular weight is 416 g/mol. The first-order valence-electron chi connectivity index (χ1n) is 8.40. The monoisotopic (exact) mass is 415 g/mol. The molecule has 2 heterocycles. The molecule has 2 N–H and O–H groups in total. The zero-order valence-corrected chi connectivity index (χ0v) is 17.8. The number of thiazole rings is 1. The Morgan fingerprint density at radius 2 is 1.96 bits per heavy atom. The van der Waals surface area contributed by atoms with Crippen LogP contribution in [0.5, 0.6) is 0 Å². The minimum atomic E-state index is -0.0248. The van der Waals surface area contributed by atoms with Crippen LogP contribution in [0.15, 0.2) is 29.6 Å². The second-order valence-corrected chi connectivity index (χ2v) is 8.24. The van der Waals surface area contributed by atoms with Gasteiger partial charge in [-0.2, -0.15) is 0 Å². The zero-order valence-electron chi connectivity index (χ0n) is 15.4. The van der Waals surface area contributed by atoms with Gasteiger partial charge in [0.1, 0.15) is 5.01 Å². The van der Waals surface area contributed by atoms with Crippen molar-refractivity contribution in [3.8, 4) is 10.6 Å². The van der Waals surface area contributed by atoms with E-state index in [0.717, 1.165) is 35.8 Å². The minimum Gasteiger partial charge on any atom is -0.342 e. The highest BCUT2D eigenvalue weighted by Crippen LogP contribution is 2.29. The number of aryl methyl sites for hydroxylation is 1. The lowest BCUT2D eigenvalue weighted by Gasteiger charge is -2.42. The van der Waals surface area contributed by atoms with Crippen LogP contribution in [0, 0.1) is 12.3 Å². The Labute approximate surface area is 172 Å². The molecule has 0 bridgehead atoms. The molecule has 0 radical (unpaired) electrons. The van der Waals surface area contributed by atoms with Crippen LogP contribution in [0.1, 0.15) is 31.5 Å². The molecule has 1 unspecified atom stereocenters. The smallest absolute Gasteiger partial charge is 0.228 e. The van der Waals surface area contributed by atoms with E-state index < -0.39 is 0 Å². The summed E-state index contributed by atoms with van der Waals surface area (Å²) in [6.07, 6.45) is 1.23. The Kier molecular flexibility index (Phi) is 8.08. The standard InChI is InChI=1S/C19H25N3OS.2ClH/c1-13-4-6-14(7-5-13)18-21-15(11-24-18)10-17(23)22-9-8-16(20)19(2,3)12-22;;/h4-7,11,16H,8-10,12,20H2,1-3H3;2*1H. The van der Waals surface area contributed by atoms with Crippen molar-refractivity contribution < 1.29 is 4.79 Å². The van der Waals surface area contributed by atoms with Crippen molar-refractivity contribution in [2.75, 3.05) is 13.1 Å². The molecule has 1 aromatic heterocycles. The molecule has 7 heteroatoms. The molecule has 1 atom stereocenters. The van der Waals surface area contributed by atoms with Gasteiger partial charge < -0.3 is 10.6 Å². The van der Waals surface area contributed by atoms with Crippen molar-refractivity contribution >= 4 is 42.1 Å². The number of rotatable bonds is 3. The van der Waals surface area contributed by atoms with E-state index in [2.05, 4.69) is 50.0 Å². The Bertz CT molecular complexity index is 731. The van der Waals surface area contributed by atoms with Gasteiger partial charge in [-0.15, -0.1) is 36.2 Å². The molecular weight excluding hydrogens is 389 g/mol. The summed E-state index contributed by atoms with van der Waals surface area (Å²) in [7, 11) is 0. The largest absolute Gasteiger partial charge is 0.342 e. The first kappa shape index (κ1) is 22.9. The number of nitrogens with two attached hydrogens (primary N) is 1. The van der Waals surface area contributed by atoms with E-state index >= 15 is 0 Å². The molecule has 26 heavy (non-hydrogen) atoms. The van der Waals surface area contributed by atoms with Crippen LogP contribution >= 0.6 is 36.2 Å². The molecule has 1 aromatic carbocycles. The number of likely N-dealkylation sites (tertiary alicyclic amines) is 1. The summed E-state index contributed by atoms with van der Waals surface area (Å²) in [4.78, 5) is 19.2. The fourth-order valence-corrected chi connectivity index (χ4v) is 3.90. The predicted molar refractivity (Wildman–Crippen MR) is 113 cm³/mol. The Balaban J connectivity index is 0.00000169. The van der Waals surface area contributed by atoms with Crippen molar-refractivity contribution in [2.45, 2.75) is 39.7 Å². The van der Waals surface area contributed by atoms with Crippen LogP contribution in [-0.2, 0) is 11.2 Å². The Morgan fingerprint density at radius 3 is 2.58 bits per heavy atom. The van der Waals surface area contributed by atoms with E-state index in [9.17, 15) is 4.79 Å². The maximum absolute atomic E-state index is 12.6. The zero-order chi connectivity index (χ0) is 17.3. The van der Waals surface area contributed by atoms with Gasteiger partial charge in [0.15, 0.2) is 0 Å². The first-order chi connectivity index (χ1) is 11.3. The average Bonchev–Trinajstić information content (AvgIpc) is 2.99. The minimum absolute atomic E-state index is 0. The van der Waals surface area contributed by atoms with Crippen LogP contribution < -0.4 is 5.73 Å². The van der Waals surface area contributed by atoms with Gasteiger partial charge in [0.25, 0.3) is 0 Å². The van der Waals surface area contributed by atoms with Crippen LogP contribution in [-0.4, -0.2) is 34.9 Å². The Morgan fingerprint density at radius 1 is 1.31 bits per heavy atom. The van der Waals surface area contributed by atoms with Gasteiger partial charge in [-0.3, -0.25) is 4.79 Å². The topological polar surface area (TPSA) is 59.2 Å². The normalized spacial score (nSPS) is 18.6. The molecular formula is C19H27Cl2N3OS. The van der Waals surface area contributed by atoms with E-state index in [4.69, 9.17) is 5.73 Å². The summed E-state index contributed by atoms with van der Waals surface area (Å²) < 4.78 is 0. The number of benzene rings is 1. The molecule has 144 valence electrons. The molecule has 1 fully saturated rings. The number of hydrogen-bond donors (Lipinski definition) is 1. The van der Waals surface area contributed by atoms with Crippen molar-refractivity contribution in [2.24, 2.45) is 11.1 Å². The number of halogens is 2. The van der Waals surface area contributed by atoms with Crippen molar-refractivity contribution in [3.05, 3.63) is 40.9 Å².